The first-order valence-electron chi connectivity index (χ1n) is 14.2. The molecule has 0 radical (unpaired) electrons. The van der Waals surface area contributed by atoms with Crippen LogP contribution in [-0.2, 0) is 18.4 Å². The monoisotopic (exact) mass is 487 g/mol. The molecule has 3 unspecified atom stereocenters. The van der Waals surface area contributed by atoms with Gasteiger partial charge in [-0.1, -0.05) is 25.8 Å². The molecule has 4 heteroatoms. The van der Waals surface area contributed by atoms with Crippen LogP contribution in [0.4, 0.5) is 0 Å². The molecule has 0 spiro atoms. The topological polar surface area (TPSA) is 47.6 Å². The zero-order chi connectivity index (χ0) is 24.9. The first-order chi connectivity index (χ1) is 17.5. The Hall–Kier alpha value is -2.49. The predicted octanol–water partition coefficient (Wildman–Crippen LogP) is 6.69. The van der Waals surface area contributed by atoms with Gasteiger partial charge in [-0.25, -0.2) is 0 Å². The van der Waals surface area contributed by atoms with Crippen LogP contribution in [-0.4, -0.2) is 20.1 Å². The highest BCUT2D eigenvalue weighted by Crippen LogP contribution is 2.62. The van der Waals surface area contributed by atoms with Crippen molar-refractivity contribution in [2.24, 2.45) is 29.6 Å². The lowest BCUT2D eigenvalue weighted by Crippen LogP contribution is -2.53. The predicted molar refractivity (Wildman–Crippen MR) is 143 cm³/mol. The van der Waals surface area contributed by atoms with Crippen LogP contribution >= 0.6 is 0 Å². The van der Waals surface area contributed by atoms with Crippen molar-refractivity contribution in [1.82, 2.24) is 5.32 Å². The summed E-state index contributed by atoms with van der Waals surface area (Å²) >= 11 is 0. The largest absolute Gasteiger partial charge is 0.497 e. The quantitative estimate of drug-likeness (QED) is 0.473. The van der Waals surface area contributed by atoms with E-state index in [0.29, 0.717) is 12.0 Å². The van der Waals surface area contributed by atoms with E-state index in [2.05, 4.69) is 30.4 Å². The molecule has 4 nitrogen and oxygen atoms in total. The highest BCUT2D eigenvalue weighted by atomic mass is 16.5. The maximum absolute atomic E-state index is 13.3. The van der Waals surface area contributed by atoms with E-state index in [0.717, 1.165) is 52.2 Å². The maximum Gasteiger partial charge on any atom is 0.251 e. The number of hydrogen-bond donors (Lipinski definition) is 1. The Kier molecular flexibility index (Phi) is 6.25. The zero-order valence-electron chi connectivity index (χ0n) is 22.1. The lowest BCUT2D eigenvalue weighted by atomic mass is 9.45. The smallest absolute Gasteiger partial charge is 0.251 e. The number of amides is 1. The number of nitrogens with one attached hydrogen (secondary N) is 1. The molecule has 6 rings (SSSR count). The van der Waals surface area contributed by atoms with Crippen LogP contribution in [0.3, 0.4) is 0 Å². The lowest BCUT2D eigenvalue weighted by Gasteiger charge is -2.59. The normalized spacial score (nSPS) is 29.5. The number of benzene rings is 2. The molecule has 0 aliphatic heterocycles. The zero-order valence-corrected chi connectivity index (χ0v) is 22.1. The molecule has 2 aromatic carbocycles. The van der Waals surface area contributed by atoms with E-state index in [-0.39, 0.29) is 5.91 Å². The number of rotatable bonds is 7. The molecule has 0 saturated heterocycles. The van der Waals surface area contributed by atoms with Crippen molar-refractivity contribution >= 4 is 5.91 Å². The second-order valence-corrected chi connectivity index (χ2v) is 12.0. The number of carbonyl (C=O) groups excluding carboxylic acids is 1. The summed E-state index contributed by atoms with van der Waals surface area (Å²) in [4.78, 5) is 13.3. The Morgan fingerprint density at radius 2 is 1.89 bits per heavy atom. The Balaban J connectivity index is 1.25. The minimum absolute atomic E-state index is 0.00223. The highest BCUT2D eigenvalue weighted by molar-refractivity contribution is 5.94. The fourth-order valence-electron chi connectivity index (χ4n) is 8.41. The van der Waals surface area contributed by atoms with Crippen LogP contribution in [0.2, 0.25) is 0 Å². The molecule has 3 fully saturated rings. The minimum atomic E-state index is -0.00223. The van der Waals surface area contributed by atoms with Crippen molar-refractivity contribution in [1.29, 1.82) is 0 Å². The molecule has 1 amide bonds. The minimum Gasteiger partial charge on any atom is -0.497 e. The lowest BCUT2D eigenvalue weighted by molar-refractivity contribution is -0.0119. The van der Waals surface area contributed by atoms with Crippen LogP contribution in [0.15, 0.2) is 36.4 Å². The van der Waals surface area contributed by atoms with Gasteiger partial charge in [0.15, 0.2) is 0 Å². The van der Waals surface area contributed by atoms with Gasteiger partial charge in [-0.2, -0.15) is 0 Å². The fraction of sp³-hybridized carbons (Fsp3) is 0.594. The van der Waals surface area contributed by atoms with Gasteiger partial charge in [0.25, 0.3) is 5.91 Å². The third-order valence-electron chi connectivity index (χ3n) is 10.4. The molecule has 192 valence electrons. The molecule has 4 aliphatic carbocycles. The van der Waals surface area contributed by atoms with Crippen molar-refractivity contribution in [3.05, 3.63) is 58.7 Å². The number of fused-ring (bicyclic) bond motifs is 1. The van der Waals surface area contributed by atoms with Crippen LogP contribution in [0.25, 0.3) is 0 Å². The van der Waals surface area contributed by atoms with E-state index < -0.39 is 0 Å². The molecule has 36 heavy (non-hydrogen) atoms. The second kappa shape index (κ2) is 9.43. The Bertz CT molecular complexity index is 1140. The second-order valence-electron chi connectivity index (χ2n) is 12.0. The van der Waals surface area contributed by atoms with Gasteiger partial charge >= 0.3 is 0 Å². The van der Waals surface area contributed by atoms with Gasteiger partial charge in [0.1, 0.15) is 11.5 Å². The molecule has 5 atom stereocenters. The van der Waals surface area contributed by atoms with Gasteiger partial charge in [0.05, 0.1) is 14.2 Å². The van der Waals surface area contributed by atoms with Gasteiger partial charge < -0.3 is 14.8 Å². The van der Waals surface area contributed by atoms with E-state index in [1.54, 1.807) is 14.2 Å². The molecule has 4 aliphatic rings. The number of carbonyl (C=O) groups is 1. The SMILES string of the molecule is COc1ccc(CNC(=O)c2ccc3c(c2)[C@@]24CCCCC2[C@@H](C3)C(C(C)C2CC2)CC4)c(OC)c1. The number of methoxy groups -OCH3 is 2. The molecule has 0 aromatic heterocycles. The molecule has 2 aromatic rings. The average molecular weight is 488 g/mol. The van der Waals surface area contributed by atoms with Crippen molar-refractivity contribution in [2.75, 3.05) is 14.2 Å². The van der Waals surface area contributed by atoms with Crippen LogP contribution in [0.5, 0.6) is 11.5 Å². The average Bonchev–Trinajstić information content (AvgIpc) is 3.77. The Labute approximate surface area is 216 Å². The van der Waals surface area contributed by atoms with E-state index >= 15 is 0 Å². The van der Waals surface area contributed by atoms with Crippen molar-refractivity contribution in [3.8, 4) is 11.5 Å². The molecule has 2 bridgehead atoms. The summed E-state index contributed by atoms with van der Waals surface area (Å²) in [7, 11) is 3.29. The van der Waals surface area contributed by atoms with Crippen molar-refractivity contribution < 1.29 is 14.3 Å². The van der Waals surface area contributed by atoms with Gasteiger partial charge in [-0.15, -0.1) is 0 Å². The van der Waals surface area contributed by atoms with E-state index in [4.69, 9.17) is 9.47 Å². The first-order valence-corrected chi connectivity index (χ1v) is 14.2. The van der Waals surface area contributed by atoms with Gasteiger partial charge in [0.2, 0.25) is 0 Å². The third-order valence-corrected chi connectivity index (χ3v) is 10.4. The van der Waals surface area contributed by atoms with Gasteiger partial charge in [-0.05, 0) is 115 Å². The van der Waals surface area contributed by atoms with Gasteiger partial charge in [-0.3, -0.25) is 4.79 Å². The number of hydrogen-bond acceptors (Lipinski definition) is 3. The molecule has 0 heterocycles. The summed E-state index contributed by atoms with van der Waals surface area (Å²) in [5.41, 5.74) is 5.08. The summed E-state index contributed by atoms with van der Waals surface area (Å²) in [5, 5.41) is 3.14. The maximum atomic E-state index is 13.3. The highest BCUT2D eigenvalue weighted by Gasteiger charge is 2.55. The van der Waals surface area contributed by atoms with Gasteiger partial charge in [0, 0.05) is 23.7 Å². The van der Waals surface area contributed by atoms with E-state index in [1.165, 1.54) is 68.9 Å². The fourth-order valence-corrected chi connectivity index (χ4v) is 8.41. The molecular formula is C32H41NO3. The summed E-state index contributed by atoms with van der Waals surface area (Å²) in [6.07, 6.45) is 12.2. The summed E-state index contributed by atoms with van der Waals surface area (Å²) < 4.78 is 10.8. The standard InChI is InChI=1S/C32H41NO3/c1-20(21-7-8-21)26-13-15-32-14-5-4-6-28(32)27(26)16-22-9-10-23(17-29(22)32)31(34)33-19-24-11-12-25(35-2)18-30(24)36-3/h9-12,17-18,20-21,26-28H,4-8,13-16,19H2,1-3H3,(H,33,34)/t20?,26?,27-,28?,32+/m0/s1. The molecular weight excluding hydrogens is 446 g/mol. The summed E-state index contributed by atoms with van der Waals surface area (Å²) in [6.45, 7) is 2.98. The first kappa shape index (κ1) is 23.9. The molecule has 3 saturated carbocycles. The summed E-state index contributed by atoms with van der Waals surface area (Å²) in [6, 6.07) is 12.4. The van der Waals surface area contributed by atoms with Crippen LogP contribution in [0, 0.1) is 29.6 Å². The molecule has 1 N–H and O–H groups in total. The number of ether oxygens (including phenoxy) is 2. The van der Waals surface area contributed by atoms with Crippen molar-refractivity contribution in [3.63, 3.8) is 0 Å². The Morgan fingerprint density at radius 1 is 1.03 bits per heavy atom. The van der Waals surface area contributed by atoms with Crippen LogP contribution < -0.4 is 14.8 Å². The third kappa shape index (κ3) is 4.01. The van der Waals surface area contributed by atoms with Crippen molar-refractivity contribution in [2.45, 2.75) is 76.7 Å². The van der Waals surface area contributed by atoms with E-state index in [9.17, 15) is 4.79 Å². The summed E-state index contributed by atoms with van der Waals surface area (Å²) in [5.74, 6) is 5.89. The van der Waals surface area contributed by atoms with Crippen LogP contribution in [0.1, 0.15) is 85.3 Å². The van der Waals surface area contributed by atoms with E-state index in [1.807, 2.05) is 18.2 Å². The Morgan fingerprint density at radius 3 is 2.67 bits per heavy atom.